The van der Waals surface area contributed by atoms with Crippen molar-refractivity contribution in [2.24, 2.45) is 5.92 Å². The Balaban J connectivity index is 2.44. The van der Waals surface area contributed by atoms with Gasteiger partial charge in [-0.2, -0.15) is 0 Å². The van der Waals surface area contributed by atoms with Crippen molar-refractivity contribution in [3.05, 3.63) is 0 Å². The zero-order valence-corrected chi connectivity index (χ0v) is 9.49. The molecular formula is C10H16N2O4. The van der Waals surface area contributed by atoms with Crippen LogP contribution in [0.15, 0.2) is 0 Å². The molecule has 1 N–H and O–H groups in total. The highest BCUT2D eigenvalue weighted by molar-refractivity contribution is 5.86. The summed E-state index contributed by atoms with van der Waals surface area (Å²) in [6.07, 6.45) is 0.901. The molecule has 0 aliphatic carbocycles. The van der Waals surface area contributed by atoms with Gasteiger partial charge in [-0.3, -0.25) is 14.4 Å². The zero-order valence-electron chi connectivity index (χ0n) is 9.49. The molecule has 0 aromatic rings. The molecule has 16 heavy (non-hydrogen) atoms. The molecule has 0 bridgehead atoms. The average Bonchev–Trinajstić information content (AvgIpc) is 2.28. The molecule has 1 saturated heterocycles. The summed E-state index contributed by atoms with van der Waals surface area (Å²) in [6.45, 7) is 0.295. The van der Waals surface area contributed by atoms with E-state index in [1.807, 2.05) is 0 Å². The number of ether oxygens (including phenoxy) is 1. The maximum atomic E-state index is 11.8. The van der Waals surface area contributed by atoms with E-state index >= 15 is 0 Å². The molecule has 90 valence electrons. The van der Waals surface area contributed by atoms with Crippen LogP contribution in [0.4, 0.5) is 0 Å². The Hall–Kier alpha value is -1.59. The summed E-state index contributed by atoms with van der Waals surface area (Å²) in [7, 11) is 2.83. The van der Waals surface area contributed by atoms with Crippen LogP contribution >= 0.6 is 0 Å². The van der Waals surface area contributed by atoms with Crippen LogP contribution in [0.1, 0.15) is 12.8 Å². The summed E-state index contributed by atoms with van der Waals surface area (Å²) in [5, 5.41) is 2.63. The molecule has 6 heteroatoms. The van der Waals surface area contributed by atoms with E-state index in [1.165, 1.54) is 12.0 Å². The molecule has 0 radical (unpaired) electrons. The van der Waals surface area contributed by atoms with Crippen molar-refractivity contribution in [3.63, 3.8) is 0 Å². The van der Waals surface area contributed by atoms with Crippen molar-refractivity contribution < 1.29 is 19.1 Å². The smallest absolute Gasteiger partial charge is 0.325 e. The number of esters is 1. The molecule has 1 rings (SSSR count). The van der Waals surface area contributed by atoms with Gasteiger partial charge in [-0.05, 0) is 6.42 Å². The van der Waals surface area contributed by atoms with Gasteiger partial charge in [-0.25, -0.2) is 0 Å². The van der Waals surface area contributed by atoms with Crippen LogP contribution in [0, 0.1) is 5.92 Å². The second-order valence-corrected chi connectivity index (χ2v) is 3.81. The third kappa shape index (κ3) is 3.22. The summed E-state index contributed by atoms with van der Waals surface area (Å²) >= 11 is 0. The second kappa shape index (κ2) is 5.48. The van der Waals surface area contributed by atoms with Gasteiger partial charge in [0, 0.05) is 20.0 Å². The number of rotatable bonds is 3. The number of hydrogen-bond acceptors (Lipinski definition) is 4. The van der Waals surface area contributed by atoms with Crippen LogP contribution < -0.4 is 5.32 Å². The number of amides is 2. The second-order valence-electron chi connectivity index (χ2n) is 3.81. The van der Waals surface area contributed by atoms with Gasteiger partial charge < -0.3 is 15.0 Å². The minimum absolute atomic E-state index is 0.0281. The third-order valence-electron chi connectivity index (χ3n) is 2.58. The molecule has 1 aliphatic heterocycles. The van der Waals surface area contributed by atoms with Gasteiger partial charge in [-0.1, -0.05) is 0 Å². The fourth-order valence-electron chi connectivity index (χ4n) is 1.59. The first-order chi connectivity index (χ1) is 7.54. The molecule has 1 heterocycles. The van der Waals surface area contributed by atoms with Crippen molar-refractivity contribution in [1.82, 2.24) is 10.2 Å². The van der Waals surface area contributed by atoms with Crippen LogP contribution in [-0.4, -0.2) is 49.9 Å². The number of piperidine rings is 1. The predicted octanol–water partition coefficient (Wildman–Crippen LogP) is -0.856. The monoisotopic (exact) mass is 228 g/mol. The van der Waals surface area contributed by atoms with E-state index in [-0.39, 0.29) is 24.3 Å². The SMILES string of the molecule is COC(=O)CN(C)C(=O)C1CCC(=O)NC1. The molecule has 0 spiro atoms. The standard InChI is InChI=1S/C10H16N2O4/c1-12(6-9(14)16-2)10(15)7-3-4-8(13)11-5-7/h7H,3-6H2,1-2H3,(H,11,13). The van der Waals surface area contributed by atoms with Crippen molar-refractivity contribution in [1.29, 1.82) is 0 Å². The Morgan fingerprint density at radius 2 is 2.25 bits per heavy atom. The van der Waals surface area contributed by atoms with Gasteiger partial charge in [0.2, 0.25) is 11.8 Å². The number of methoxy groups -OCH3 is 1. The Morgan fingerprint density at radius 1 is 1.56 bits per heavy atom. The van der Waals surface area contributed by atoms with Gasteiger partial charge in [0.25, 0.3) is 0 Å². The number of nitrogens with one attached hydrogen (secondary N) is 1. The average molecular weight is 228 g/mol. The fourth-order valence-corrected chi connectivity index (χ4v) is 1.59. The first kappa shape index (κ1) is 12.5. The lowest BCUT2D eigenvalue weighted by Gasteiger charge is -2.25. The van der Waals surface area contributed by atoms with Crippen LogP contribution in [0.3, 0.4) is 0 Å². The number of likely N-dealkylation sites (N-methyl/N-ethyl adjacent to an activating group) is 1. The lowest BCUT2D eigenvalue weighted by atomic mass is 9.98. The summed E-state index contributed by atoms with van der Waals surface area (Å²) in [4.78, 5) is 35.0. The van der Waals surface area contributed by atoms with E-state index in [0.717, 1.165) is 0 Å². The van der Waals surface area contributed by atoms with Gasteiger partial charge in [-0.15, -0.1) is 0 Å². The summed E-state index contributed by atoms with van der Waals surface area (Å²) < 4.78 is 4.47. The molecule has 1 aliphatic rings. The van der Waals surface area contributed by atoms with E-state index in [2.05, 4.69) is 10.1 Å². The predicted molar refractivity (Wildman–Crippen MR) is 55.4 cm³/mol. The molecule has 2 amide bonds. The Bertz CT molecular complexity index is 293. The van der Waals surface area contributed by atoms with Gasteiger partial charge >= 0.3 is 5.97 Å². The van der Waals surface area contributed by atoms with Crippen molar-refractivity contribution in [2.45, 2.75) is 12.8 Å². The Kier molecular flexibility index (Phi) is 4.28. The molecule has 1 unspecified atom stereocenters. The maximum Gasteiger partial charge on any atom is 0.325 e. The van der Waals surface area contributed by atoms with Crippen molar-refractivity contribution in [2.75, 3.05) is 27.2 Å². The number of carbonyl (C=O) groups is 3. The van der Waals surface area contributed by atoms with Gasteiger partial charge in [0.1, 0.15) is 6.54 Å². The summed E-state index contributed by atoms with van der Waals surface area (Å²) in [6, 6.07) is 0. The maximum absolute atomic E-state index is 11.8. The lowest BCUT2D eigenvalue weighted by molar-refractivity contribution is -0.148. The molecule has 0 aromatic carbocycles. The topological polar surface area (TPSA) is 75.7 Å². The van der Waals surface area contributed by atoms with E-state index in [0.29, 0.717) is 19.4 Å². The molecule has 0 aromatic heterocycles. The highest BCUT2D eigenvalue weighted by atomic mass is 16.5. The van der Waals surface area contributed by atoms with E-state index < -0.39 is 5.97 Å². The number of nitrogens with zero attached hydrogens (tertiary/aromatic N) is 1. The van der Waals surface area contributed by atoms with Crippen LogP contribution in [0.5, 0.6) is 0 Å². The quantitative estimate of drug-likeness (QED) is 0.638. The van der Waals surface area contributed by atoms with Gasteiger partial charge in [0.05, 0.1) is 13.0 Å². The molecule has 0 saturated carbocycles. The van der Waals surface area contributed by atoms with Crippen LogP contribution in [-0.2, 0) is 19.1 Å². The van der Waals surface area contributed by atoms with E-state index in [4.69, 9.17) is 0 Å². The van der Waals surface area contributed by atoms with Crippen LogP contribution in [0.2, 0.25) is 0 Å². The van der Waals surface area contributed by atoms with Crippen molar-refractivity contribution in [3.8, 4) is 0 Å². The summed E-state index contributed by atoms with van der Waals surface area (Å²) in [5.74, 6) is -0.840. The Labute approximate surface area is 93.9 Å². The summed E-state index contributed by atoms with van der Waals surface area (Å²) in [5.41, 5.74) is 0. The fraction of sp³-hybridized carbons (Fsp3) is 0.700. The first-order valence-electron chi connectivity index (χ1n) is 5.13. The third-order valence-corrected chi connectivity index (χ3v) is 2.58. The number of hydrogen-bond donors (Lipinski definition) is 1. The molecule has 1 fully saturated rings. The van der Waals surface area contributed by atoms with Gasteiger partial charge in [0.15, 0.2) is 0 Å². The number of carbonyl (C=O) groups excluding carboxylic acids is 3. The molecule has 6 nitrogen and oxygen atoms in total. The van der Waals surface area contributed by atoms with Crippen LogP contribution in [0.25, 0.3) is 0 Å². The highest BCUT2D eigenvalue weighted by Gasteiger charge is 2.27. The minimum atomic E-state index is -0.448. The lowest BCUT2D eigenvalue weighted by Crippen LogP contribution is -2.45. The Morgan fingerprint density at radius 3 is 2.75 bits per heavy atom. The highest BCUT2D eigenvalue weighted by Crippen LogP contribution is 2.13. The zero-order chi connectivity index (χ0) is 12.1. The normalized spacial score (nSPS) is 19.9. The largest absolute Gasteiger partial charge is 0.468 e. The van der Waals surface area contributed by atoms with E-state index in [1.54, 1.807) is 7.05 Å². The molecule has 1 atom stereocenters. The first-order valence-corrected chi connectivity index (χ1v) is 5.13. The van der Waals surface area contributed by atoms with E-state index in [9.17, 15) is 14.4 Å². The molecular weight excluding hydrogens is 212 g/mol. The minimum Gasteiger partial charge on any atom is -0.468 e. The van der Waals surface area contributed by atoms with Crippen molar-refractivity contribution >= 4 is 17.8 Å².